The highest BCUT2D eigenvalue weighted by Gasteiger charge is 2.16. The van der Waals surface area contributed by atoms with Crippen LogP contribution in [0.1, 0.15) is 17.5 Å². The van der Waals surface area contributed by atoms with E-state index in [2.05, 4.69) is 4.72 Å². The van der Waals surface area contributed by atoms with Gasteiger partial charge in [-0.25, -0.2) is 12.8 Å². The number of hydrogen-bond donors (Lipinski definition) is 1. The molecule has 1 heterocycles. The Bertz CT molecular complexity index is 1430. The van der Waals surface area contributed by atoms with Gasteiger partial charge in [0.25, 0.3) is 10.0 Å². The zero-order valence-corrected chi connectivity index (χ0v) is 19.9. The predicted octanol–water partition coefficient (Wildman–Crippen LogP) is 5.39. The minimum absolute atomic E-state index is 0.0965. The van der Waals surface area contributed by atoms with E-state index >= 15 is 0 Å². The smallest absolute Gasteiger partial charge is 0.307 e. The van der Waals surface area contributed by atoms with E-state index in [1.54, 1.807) is 30.3 Å². The monoisotopic (exact) mass is 500 g/mol. The van der Waals surface area contributed by atoms with Crippen LogP contribution in [0.15, 0.2) is 77.8 Å². The number of nitrogens with one attached hydrogen (secondary N) is 1. The van der Waals surface area contributed by atoms with Gasteiger partial charge in [-0.05, 0) is 72.1 Å². The van der Waals surface area contributed by atoms with Gasteiger partial charge in [0.1, 0.15) is 5.82 Å². The molecular formula is C25H22ClFN2O4S. The molecule has 34 heavy (non-hydrogen) atoms. The SMILES string of the molecule is COC(=O)CCn1cc(Cc2ccc(F)cc2)c2cc(NS(=O)(=O)c3ccc(Cl)cc3)ccc21. The van der Waals surface area contributed by atoms with Crippen LogP contribution >= 0.6 is 11.6 Å². The molecule has 9 heteroatoms. The molecule has 0 radical (unpaired) electrons. The fourth-order valence-electron chi connectivity index (χ4n) is 3.72. The van der Waals surface area contributed by atoms with Gasteiger partial charge >= 0.3 is 5.97 Å². The number of fused-ring (bicyclic) bond motifs is 1. The van der Waals surface area contributed by atoms with Gasteiger partial charge in [0.15, 0.2) is 0 Å². The number of rotatable bonds is 8. The lowest BCUT2D eigenvalue weighted by molar-refractivity contribution is -0.140. The third kappa shape index (κ3) is 5.40. The molecule has 1 N–H and O–H groups in total. The Morgan fingerprint density at radius 1 is 1.06 bits per heavy atom. The zero-order chi connectivity index (χ0) is 24.3. The van der Waals surface area contributed by atoms with Crippen LogP contribution in [-0.2, 0) is 32.5 Å². The van der Waals surface area contributed by atoms with Crippen molar-refractivity contribution in [2.24, 2.45) is 0 Å². The molecule has 0 saturated heterocycles. The highest BCUT2D eigenvalue weighted by molar-refractivity contribution is 7.92. The molecule has 3 aromatic carbocycles. The summed E-state index contributed by atoms with van der Waals surface area (Å²) in [7, 11) is -2.47. The predicted molar refractivity (Wildman–Crippen MR) is 130 cm³/mol. The van der Waals surface area contributed by atoms with Crippen molar-refractivity contribution in [3.63, 3.8) is 0 Å². The topological polar surface area (TPSA) is 77.4 Å². The zero-order valence-electron chi connectivity index (χ0n) is 18.3. The average molecular weight is 501 g/mol. The molecule has 0 saturated carbocycles. The Morgan fingerprint density at radius 3 is 2.44 bits per heavy atom. The van der Waals surface area contributed by atoms with Crippen molar-refractivity contribution in [3.8, 4) is 0 Å². The van der Waals surface area contributed by atoms with Gasteiger partial charge in [-0.1, -0.05) is 23.7 Å². The van der Waals surface area contributed by atoms with E-state index in [9.17, 15) is 17.6 Å². The number of carbonyl (C=O) groups excluding carboxylic acids is 1. The third-order valence-electron chi connectivity index (χ3n) is 5.43. The number of esters is 1. The number of carbonyl (C=O) groups is 1. The third-order valence-corrected chi connectivity index (χ3v) is 7.08. The number of anilines is 1. The van der Waals surface area contributed by atoms with Crippen LogP contribution in [0.5, 0.6) is 0 Å². The lowest BCUT2D eigenvalue weighted by Gasteiger charge is -2.10. The number of hydrogen-bond acceptors (Lipinski definition) is 4. The Morgan fingerprint density at radius 2 is 1.76 bits per heavy atom. The van der Waals surface area contributed by atoms with Gasteiger partial charge in [-0.3, -0.25) is 9.52 Å². The van der Waals surface area contributed by atoms with Crippen LogP contribution in [0.2, 0.25) is 5.02 Å². The van der Waals surface area contributed by atoms with Crippen molar-refractivity contribution in [2.45, 2.75) is 24.3 Å². The van der Waals surface area contributed by atoms with Crippen molar-refractivity contribution >= 4 is 44.2 Å². The summed E-state index contributed by atoms with van der Waals surface area (Å²) in [5, 5.41) is 1.27. The number of aryl methyl sites for hydroxylation is 1. The molecule has 0 aliphatic carbocycles. The van der Waals surface area contributed by atoms with E-state index < -0.39 is 10.0 Å². The van der Waals surface area contributed by atoms with Crippen molar-refractivity contribution in [3.05, 3.63) is 94.9 Å². The van der Waals surface area contributed by atoms with Gasteiger partial charge in [-0.15, -0.1) is 0 Å². The summed E-state index contributed by atoms with van der Waals surface area (Å²) in [6, 6.07) is 17.4. The fourth-order valence-corrected chi connectivity index (χ4v) is 4.90. The molecule has 0 aliphatic rings. The summed E-state index contributed by atoms with van der Waals surface area (Å²) in [4.78, 5) is 11.8. The minimum Gasteiger partial charge on any atom is -0.469 e. The molecule has 0 fully saturated rings. The highest BCUT2D eigenvalue weighted by Crippen LogP contribution is 2.29. The normalized spacial score (nSPS) is 11.5. The number of nitrogens with zero attached hydrogens (tertiary/aromatic N) is 1. The number of methoxy groups -OCH3 is 1. The van der Waals surface area contributed by atoms with E-state index in [1.165, 1.54) is 43.5 Å². The number of aromatic nitrogens is 1. The first kappa shape index (κ1) is 23.8. The summed E-state index contributed by atoms with van der Waals surface area (Å²) in [5.74, 6) is -0.641. The molecule has 0 aliphatic heterocycles. The first-order valence-corrected chi connectivity index (χ1v) is 12.3. The van der Waals surface area contributed by atoms with Crippen molar-refractivity contribution in [2.75, 3.05) is 11.8 Å². The second-order valence-electron chi connectivity index (χ2n) is 7.77. The van der Waals surface area contributed by atoms with Crippen LogP contribution in [-0.4, -0.2) is 26.1 Å². The average Bonchev–Trinajstić information content (AvgIpc) is 3.15. The molecule has 0 spiro atoms. The largest absolute Gasteiger partial charge is 0.469 e. The van der Waals surface area contributed by atoms with Crippen molar-refractivity contribution in [1.82, 2.24) is 4.57 Å². The number of benzene rings is 3. The molecule has 0 unspecified atom stereocenters. The molecule has 1 aromatic heterocycles. The maximum atomic E-state index is 13.3. The van der Waals surface area contributed by atoms with Crippen molar-refractivity contribution < 1.29 is 22.3 Å². The van der Waals surface area contributed by atoms with Crippen LogP contribution in [0.3, 0.4) is 0 Å². The van der Waals surface area contributed by atoms with Crippen LogP contribution < -0.4 is 4.72 Å². The molecule has 0 amide bonds. The standard InChI is InChI=1S/C25H22ClFN2O4S/c1-33-25(30)12-13-29-16-18(14-17-2-6-20(27)7-3-17)23-15-21(8-11-24(23)29)28-34(31,32)22-9-4-19(26)5-10-22/h2-11,15-16,28H,12-14H2,1H3. The van der Waals surface area contributed by atoms with E-state index in [4.69, 9.17) is 16.3 Å². The Balaban J connectivity index is 1.70. The van der Waals surface area contributed by atoms with Crippen molar-refractivity contribution in [1.29, 1.82) is 0 Å². The van der Waals surface area contributed by atoms with Crippen LogP contribution in [0.4, 0.5) is 10.1 Å². The lowest BCUT2D eigenvalue weighted by Crippen LogP contribution is -2.12. The summed E-state index contributed by atoms with van der Waals surface area (Å²) < 4.78 is 48.3. The maximum Gasteiger partial charge on any atom is 0.307 e. The minimum atomic E-state index is -3.81. The summed E-state index contributed by atoms with van der Waals surface area (Å²) in [6.07, 6.45) is 2.63. The van der Waals surface area contributed by atoms with Gasteiger partial charge in [0.05, 0.1) is 18.4 Å². The Kier molecular flexibility index (Phi) is 6.90. The van der Waals surface area contributed by atoms with E-state index in [0.29, 0.717) is 23.7 Å². The number of sulfonamides is 1. The molecule has 4 rings (SSSR count). The molecule has 176 valence electrons. The maximum absolute atomic E-state index is 13.3. The van der Waals surface area contributed by atoms with Gasteiger partial charge in [-0.2, -0.15) is 0 Å². The molecule has 0 bridgehead atoms. The fraction of sp³-hybridized carbons (Fsp3) is 0.160. The number of halogens is 2. The highest BCUT2D eigenvalue weighted by atomic mass is 35.5. The molecule has 6 nitrogen and oxygen atoms in total. The second-order valence-corrected chi connectivity index (χ2v) is 9.89. The first-order chi connectivity index (χ1) is 16.2. The molecular weight excluding hydrogens is 479 g/mol. The lowest BCUT2D eigenvalue weighted by atomic mass is 10.0. The van der Waals surface area contributed by atoms with E-state index in [-0.39, 0.29) is 23.1 Å². The quantitative estimate of drug-likeness (QED) is 0.329. The Labute approximate surface area is 202 Å². The second kappa shape index (κ2) is 9.87. The summed E-state index contributed by atoms with van der Waals surface area (Å²) >= 11 is 5.87. The van der Waals surface area contributed by atoms with Gasteiger partial charge < -0.3 is 9.30 Å². The Hall–Kier alpha value is -3.36. The van der Waals surface area contributed by atoms with Crippen LogP contribution in [0, 0.1) is 5.82 Å². The molecule has 4 aromatic rings. The first-order valence-electron chi connectivity index (χ1n) is 10.5. The van der Waals surface area contributed by atoms with Crippen LogP contribution in [0.25, 0.3) is 10.9 Å². The molecule has 0 atom stereocenters. The van der Waals surface area contributed by atoms with E-state index in [0.717, 1.165) is 22.0 Å². The van der Waals surface area contributed by atoms with E-state index in [1.807, 2.05) is 10.8 Å². The van der Waals surface area contributed by atoms with Gasteiger partial charge in [0.2, 0.25) is 0 Å². The van der Waals surface area contributed by atoms with Gasteiger partial charge in [0, 0.05) is 34.4 Å². The summed E-state index contributed by atoms with van der Waals surface area (Å²) in [5.41, 5.74) is 3.06. The number of ether oxygens (including phenoxy) is 1. The summed E-state index contributed by atoms with van der Waals surface area (Å²) in [6.45, 7) is 0.405.